The molecule has 0 aliphatic carbocycles. The van der Waals surface area contributed by atoms with Crippen LogP contribution in [0.3, 0.4) is 0 Å². The molecule has 0 unspecified atom stereocenters. The Morgan fingerprint density at radius 2 is 1.62 bits per heavy atom. The van der Waals surface area contributed by atoms with Gasteiger partial charge < -0.3 is 9.47 Å². The average Bonchev–Trinajstić information content (AvgIpc) is 2.67. The Morgan fingerprint density at radius 3 is 2.19 bits per heavy atom. The smallest absolute Gasteiger partial charge is 0.236 e. The van der Waals surface area contributed by atoms with E-state index in [1.165, 1.54) is 0 Å². The van der Waals surface area contributed by atoms with E-state index in [0.29, 0.717) is 23.0 Å². The average molecular weight is 345 g/mol. The standard InChI is InChI=1S/C21H19N3O2/c1-14(2)26-21-18(13-22)19(15-9-11-17(25-3)12-10-15)23-20(24-21)16-7-5-4-6-8-16/h4-12,14H,1-3H3. The van der Waals surface area contributed by atoms with Crippen LogP contribution in [0.2, 0.25) is 0 Å². The van der Waals surface area contributed by atoms with Crippen LogP contribution in [0, 0.1) is 11.3 Å². The molecule has 0 saturated heterocycles. The molecule has 26 heavy (non-hydrogen) atoms. The van der Waals surface area contributed by atoms with E-state index in [0.717, 1.165) is 16.9 Å². The van der Waals surface area contributed by atoms with Crippen molar-refractivity contribution in [2.75, 3.05) is 7.11 Å². The second kappa shape index (κ2) is 7.66. The highest BCUT2D eigenvalue weighted by molar-refractivity contribution is 5.72. The highest BCUT2D eigenvalue weighted by Gasteiger charge is 2.19. The molecule has 130 valence electrons. The van der Waals surface area contributed by atoms with Crippen LogP contribution in [0.15, 0.2) is 54.6 Å². The van der Waals surface area contributed by atoms with Crippen molar-refractivity contribution in [2.24, 2.45) is 0 Å². The molecule has 0 N–H and O–H groups in total. The van der Waals surface area contributed by atoms with E-state index >= 15 is 0 Å². The van der Waals surface area contributed by atoms with E-state index in [9.17, 15) is 5.26 Å². The molecule has 1 aromatic heterocycles. The molecule has 3 rings (SSSR count). The zero-order valence-corrected chi connectivity index (χ0v) is 14.9. The van der Waals surface area contributed by atoms with Gasteiger partial charge in [-0.2, -0.15) is 10.2 Å². The molecule has 1 heterocycles. The Labute approximate surface area is 152 Å². The first-order chi connectivity index (χ1) is 12.6. The Balaban J connectivity index is 2.21. The summed E-state index contributed by atoms with van der Waals surface area (Å²) in [5, 5.41) is 9.70. The summed E-state index contributed by atoms with van der Waals surface area (Å²) in [6.45, 7) is 3.80. The van der Waals surface area contributed by atoms with Gasteiger partial charge in [0.25, 0.3) is 0 Å². The van der Waals surface area contributed by atoms with Crippen molar-refractivity contribution in [3.05, 3.63) is 60.2 Å². The van der Waals surface area contributed by atoms with Gasteiger partial charge in [-0.05, 0) is 38.1 Å². The van der Waals surface area contributed by atoms with Crippen molar-refractivity contribution in [2.45, 2.75) is 20.0 Å². The zero-order valence-electron chi connectivity index (χ0n) is 14.9. The van der Waals surface area contributed by atoms with Gasteiger partial charge in [-0.1, -0.05) is 30.3 Å². The van der Waals surface area contributed by atoms with Crippen LogP contribution in [-0.4, -0.2) is 23.2 Å². The normalized spacial score (nSPS) is 10.4. The van der Waals surface area contributed by atoms with E-state index in [2.05, 4.69) is 16.0 Å². The van der Waals surface area contributed by atoms with Crippen molar-refractivity contribution in [3.8, 4) is 40.3 Å². The minimum atomic E-state index is -0.107. The van der Waals surface area contributed by atoms with Crippen molar-refractivity contribution in [1.82, 2.24) is 9.97 Å². The highest BCUT2D eigenvalue weighted by Crippen LogP contribution is 2.31. The fourth-order valence-corrected chi connectivity index (χ4v) is 2.52. The lowest BCUT2D eigenvalue weighted by Gasteiger charge is -2.14. The molecule has 0 fully saturated rings. The third kappa shape index (κ3) is 3.65. The number of rotatable bonds is 5. The van der Waals surface area contributed by atoms with E-state index in [-0.39, 0.29) is 6.10 Å². The van der Waals surface area contributed by atoms with E-state index in [1.54, 1.807) is 7.11 Å². The summed E-state index contributed by atoms with van der Waals surface area (Å²) in [6, 6.07) is 19.2. The van der Waals surface area contributed by atoms with Crippen molar-refractivity contribution < 1.29 is 9.47 Å². The van der Waals surface area contributed by atoms with Gasteiger partial charge >= 0.3 is 0 Å². The van der Waals surface area contributed by atoms with E-state index < -0.39 is 0 Å². The topological polar surface area (TPSA) is 68.0 Å². The molecule has 0 saturated carbocycles. The van der Waals surface area contributed by atoms with Crippen LogP contribution in [-0.2, 0) is 0 Å². The molecule has 0 atom stereocenters. The summed E-state index contributed by atoms with van der Waals surface area (Å²) in [6.07, 6.45) is -0.107. The highest BCUT2D eigenvalue weighted by atomic mass is 16.5. The number of nitriles is 1. The number of ether oxygens (including phenoxy) is 2. The third-order valence-electron chi connectivity index (χ3n) is 3.73. The van der Waals surface area contributed by atoms with Crippen LogP contribution in [0.1, 0.15) is 19.4 Å². The fraction of sp³-hybridized carbons (Fsp3) is 0.190. The Hall–Kier alpha value is -3.39. The summed E-state index contributed by atoms with van der Waals surface area (Å²) in [5.74, 6) is 1.55. The van der Waals surface area contributed by atoms with Gasteiger partial charge in [-0.15, -0.1) is 0 Å². The molecule has 0 radical (unpaired) electrons. The first kappa shape index (κ1) is 17.4. The molecular weight excluding hydrogens is 326 g/mol. The van der Waals surface area contributed by atoms with Crippen LogP contribution in [0.25, 0.3) is 22.6 Å². The van der Waals surface area contributed by atoms with Gasteiger partial charge in [-0.25, -0.2) is 4.98 Å². The van der Waals surface area contributed by atoms with Crippen LogP contribution in [0.4, 0.5) is 0 Å². The van der Waals surface area contributed by atoms with Gasteiger partial charge in [0.2, 0.25) is 5.88 Å². The molecule has 0 aliphatic rings. The minimum Gasteiger partial charge on any atom is -0.497 e. The summed E-state index contributed by atoms with van der Waals surface area (Å²) < 4.78 is 11.0. The number of aromatic nitrogens is 2. The van der Waals surface area contributed by atoms with Crippen LogP contribution in [0.5, 0.6) is 11.6 Å². The largest absolute Gasteiger partial charge is 0.497 e. The Bertz CT molecular complexity index is 930. The first-order valence-electron chi connectivity index (χ1n) is 8.31. The SMILES string of the molecule is COc1ccc(-c2nc(-c3ccccc3)nc(OC(C)C)c2C#N)cc1. The fourth-order valence-electron chi connectivity index (χ4n) is 2.52. The number of methoxy groups -OCH3 is 1. The number of benzene rings is 2. The van der Waals surface area contributed by atoms with Crippen molar-refractivity contribution in [3.63, 3.8) is 0 Å². The monoisotopic (exact) mass is 345 g/mol. The Kier molecular flexibility index (Phi) is 5.14. The minimum absolute atomic E-state index is 0.107. The second-order valence-corrected chi connectivity index (χ2v) is 5.95. The van der Waals surface area contributed by atoms with Crippen LogP contribution >= 0.6 is 0 Å². The summed E-state index contributed by atoms with van der Waals surface area (Å²) in [7, 11) is 1.61. The van der Waals surface area contributed by atoms with Crippen molar-refractivity contribution in [1.29, 1.82) is 5.26 Å². The summed E-state index contributed by atoms with van der Waals surface area (Å²) >= 11 is 0. The summed E-state index contributed by atoms with van der Waals surface area (Å²) in [4.78, 5) is 9.15. The van der Waals surface area contributed by atoms with Gasteiger partial charge in [0.15, 0.2) is 5.82 Å². The van der Waals surface area contributed by atoms with Crippen LogP contribution < -0.4 is 9.47 Å². The molecule has 0 aliphatic heterocycles. The van der Waals surface area contributed by atoms with E-state index in [4.69, 9.17) is 9.47 Å². The predicted molar refractivity (Wildman–Crippen MR) is 99.9 cm³/mol. The van der Waals surface area contributed by atoms with Gasteiger partial charge in [0.05, 0.1) is 18.9 Å². The van der Waals surface area contributed by atoms with Crippen molar-refractivity contribution >= 4 is 0 Å². The predicted octanol–water partition coefficient (Wildman–Crippen LogP) is 4.48. The zero-order chi connectivity index (χ0) is 18.5. The number of hydrogen-bond donors (Lipinski definition) is 0. The molecule has 0 amide bonds. The lowest BCUT2D eigenvalue weighted by Crippen LogP contribution is -2.10. The second-order valence-electron chi connectivity index (χ2n) is 5.95. The lowest BCUT2D eigenvalue weighted by atomic mass is 10.1. The third-order valence-corrected chi connectivity index (χ3v) is 3.73. The molecule has 5 nitrogen and oxygen atoms in total. The van der Waals surface area contributed by atoms with Gasteiger partial charge in [-0.3, -0.25) is 0 Å². The number of nitrogens with zero attached hydrogens (tertiary/aromatic N) is 3. The lowest BCUT2D eigenvalue weighted by molar-refractivity contribution is 0.232. The quantitative estimate of drug-likeness (QED) is 0.682. The molecule has 0 spiro atoms. The molecule has 3 aromatic rings. The van der Waals surface area contributed by atoms with Gasteiger partial charge in [0, 0.05) is 11.1 Å². The molecule has 2 aromatic carbocycles. The molecular formula is C21H19N3O2. The summed E-state index contributed by atoms with van der Waals surface area (Å²) in [5.41, 5.74) is 2.53. The van der Waals surface area contributed by atoms with E-state index in [1.807, 2.05) is 68.4 Å². The van der Waals surface area contributed by atoms with Gasteiger partial charge in [0.1, 0.15) is 17.4 Å². The maximum Gasteiger partial charge on any atom is 0.236 e. The maximum atomic E-state index is 9.70. The molecule has 0 bridgehead atoms. The molecule has 5 heteroatoms. The first-order valence-corrected chi connectivity index (χ1v) is 8.31. The maximum absolute atomic E-state index is 9.70. The Morgan fingerprint density at radius 1 is 0.923 bits per heavy atom. The number of hydrogen-bond acceptors (Lipinski definition) is 5.